The lowest BCUT2D eigenvalue weighted by atomic mass is 9.92. The summed E-state index contributed by atoms with van der Waals surface area (Å²) in [5.41, 5.74) is 2.83. The Hall–Kier alpha value is -2.67. The standard InChI is InChI=1S/C18H18N4O2S/c23-25(24,17-7-5-14-3-1-2-4-15(14)11-17)21-16-6-8-18(20-12-16)22-10-9-19-13-22/h5-13,21H,1-4H2. The number of hydrogen-bond acceptors (Lipinski definition) is 4. The lowest BCUT2D eigenvalue weighted by Crippen LogP contribution is -2.14. The maximum absolute atomic E-state index is 12.6. The summed E-state index contributed by atoms with van der Waals surface area (Å²) in [6.07, 6.45) is 10.8. The number of benzene rings is 1. The molecule has 3 aromatic rings. The molecule has 1 aromatic carbocycles. The van der Waals surface area contributed by atoms with E-state index in [1.165, 1.54) is 18.2 Å². The van der Waals surface area contributed by atoms with Crippen LogP contribution < -0.4 is 4.72 Å². The van der Waals surface area contributed by atoms with Gasteiger partial charge in [0.05, 0.1) is 16.8 Å². The fraction of sp³-hybridized carbons (Fsp3) is 0.222. The Balaban J connectivity index is 1.57. The molecule has 0 amide bonds. The van der Waals surface area contributed by atoms with Crippen molar-refractivity contribution < 1.29 is 8.42 Å². The molecule has 4 rings (SSSR count). The second kappa shape index (κ2) is 6.33. The predicted octanol–water partition coefficient (Wildman–Crippen LogP) is 2.95. The average Bonchev–Trinajstić information content (AvgIpc) is 3.16. The molecule has 0 spiro atoms. The van der Waals surface area contributed by atoms with E-state index in [4.69, 9.17) is 0 Å². The monoisotopic (exact) mass is 354 g/mol. The van der Waals surface area contributed by atoms with Crippen molar-refractivity contribution in [1.29, 1.82) is 0 Å². The molecular weight excluding hydrogens is 336 g/mol. The first-order valence-corrected chi connectivity index (χ1v) is 9.69. The predicted molar refractivity (Wildman–Crippen MR) is 95.3 cm³/mol. The number of pyridine rings is 1. The third kappa shape index (κ3) is 3.28. The van der Waals surface area contributed by atoms with Gasteiger partial charge in [-0.2, -0.15) is 0 Å². The summed E-state index contributed by atoms with van der Waals surface area (Å²) in [6, 6.07) is 8.85. The summed E-state index contributed by atoms with van der Waals surface area (Å²) in [4.78, 5) is 8.53. The third-order valence-electron chi connectivity index (χ3n) is 4.40. The van der Waals surface area contributed by atoms with Gasteiger partial charge in [-0.15, -0.1) is 0 Å². The van der Waals surface area contributed by atoms with Crippen molar-refractivity contribution in [3.63, 3.8) is 0 Å². The zero-order chi connectivity index (χ0) is 17.3. The van der Waals surface area contributed by atoms with Crippen LogP contribution in [0.25, 0.3) is 5.82 Å². The van der Waals surface area contributed by atoms with Crippen LogP contribution in [0.2, 0.25) is 0 Å². The first-order valence-electron chi connectivity index (χ1n) is 8.21. The van der Waals surface area contributed by atoms with Gasteiger partial charge >= 0.3 is 0 Å². The van der Waals surface area contributed by atoms with Crippen molar-refractivity contribution in [3.05, 3.63) is 66.4 Å². The molecule has 25 heavy (non-hydrogen) atoms. The second-order valence-electron chi connectivity index (χ2n) is 6.12. The molecule has 0 saturated carbocycles. The van der Waals surface area contributed by atoms with Crippen molar-refractivity contribution in [1.82, 2.24) is 14.5 Å². The van der Waals surface area contributed by atoms with Crippen LogP contribution in [-0.2, 0) is 22.9 Å². The maximum atomic E-state index is 12.6. The molecule has 1 N–H and O–H groups in total. The number of hydrogen-bond donors (Lipinski definition) is 1. The summed E-state index contributed by atoms with van der Waals surface area (Å²) in [6.45, 7) is 0. The molecule has 0 unspecified atom stereocenters. The molecule has 0 saturated heterocycles. The summed E-state index contributed by atoms with van der Waals surface area (Å²) >= 11 is 0. The van der Waals surface area contributed by atoms with Crippen LogP contribution in [0.15, 0.2) is 60.1 Å². The van der Waals surface area contributed by atoms with Gasteiger partial charge in [0.2, 0.25) is 0 Å². The van der Waals surface area contributed by atoms with Crippen molar-refractivity contribution in [2.24, 2.45) is 0 Å². The number of fused-ring (bicyclic) bond motifs is 1. The van der Waals surface area contributed by atoms with Crippen LogP contribution in [0.4, 0.5) is 5.69 Å². The van der Waals surface area contributed by atoms with Gasteiger partial charge in [0.25, 0.3) is 10.0 Å². The quantitative estimate of drug-likeness (QED) is 0.781. The number of anilines is 1. The second-order valence-corrected chi connectivity index (χ2v) is 7.80. The van der Waals surface area contributed by atoms with Gasteiger partial charge in [0.1, 0.15) is 12.1 Å². The SMILES string of the molecule is O=S(=O)(Nc1ccc(-n2ccnc2)nc1)c1ccc2c(c1)CCCC2. The smallest absolute Gasteiger partial charge is 0.261 e. The van der Waals surface area contributed by atoms with Gasteiger partial charge in [0.15, 0.2) is 0 Å². The molecule has 0 aliphatic heterocycles. The van der Waals surface area contributed by atoms with Crippen molar-refractivity contribution in [2.75, 3.05) is 4.72 Å². The molecular formula is C18H18N4O2S. The van der Waals surface area contributed by atoms with Crippen LogP contribution in [0.5, 0.6) is 0 Å². The van der Waals surface area contributed by atoms with Gasteiger partial charge in [-0.25, -0.2) is 18.4 Å². The first-order chi connectivity index (χ1) is 12.1. The average molecular weight is 354 g/mol. The molecule has 2 heterocycles. The van der Waals surface area contributed by atoms with Crippen molar-refractivity contribution in [2.45, 2.75) is 30.6 Å². The zero-order valence-electron chi connectivity index (χ0n) is 13.6. The molecule has 1 aliphatic carbocycles. The summed E-state index contributed by atoms with van der Waals surface area (Å²) in [5.74, 6) is 0.675. The fourth-order valence-corrected chi connectivity index (χ4v) is 4.18. The number of aromatic nitrogens is 3. The number of sulfonamides is 1. The number of rotatable bonds is 4. The van der Waals surface area contributed by atoms with Crippen LogP contribution in [0.1, 0.15) is 24.0 Å². The molecule has 0 atom stereocenters. The van der Waals surface area contributed by atoms with E-state index in [1.54, 1.807) is 47.6 Å². The topological polar surface area (TPSA) is 76.9 Å². The maximum Gasteiger partial charge on any atom is 0.261 e. The van der Waals surface area contributed by atoms with Gasteiger partial charge in [-0.3, -0.25) is 9.29 Å². The number of imidazole rings is 1. The molecule has 0 radical (unpaired) electrons. The zero-order valence-corrected chi connectivity index (χ0v) is 14.4. The van der Waals surface area contributed by atoms with Crippen molar-refractivity contribution >= 4 is 15.7 Å². The van der Waals surface area contributed by atoms with Gasteiger partial charge in [-0.05, 0) is 61.1 Å². The summed E-state index contributed by atoms with van der Waals surface area (Å²) in [5, 5.41) is 0. The minimum absolute atomic E-state index is 0.298. The van der Waals surface area contributed by atoms with Gasteiger partial charge < -0.3 is 0 Å². The highest BCUT2D eigenvalue weighted by Gasteiger charge is 2.18. The minimum Gasteiger partial charge on any atom is -0.291 e. The van der Waals surface area contributed by atoms with Crippen LogP contribution in [-0.4, -0.2) is 23.0 Å². The highest BCUT2D eigenvalue weighted by atomic mass is 32.2. The van der Waals surface area contributed by atoms with E-state index >= 15 is 0 Å². The first kappa shape index (κ1) is 15.8. The summed E-state index contributed by atoms with van der Waals surface area (Å²) in [7, 11) is -3.62. The van der Waals surface area contributed by atoms with E-state index in [0.29, 0.717) is 16.4 Å². The Labute approximate surface area is 146 Å². The van der Waals surface area contributed by atoms with E-state index in [1.807, 2.05) is 6.07 Å². The normalized spacial score (nSPS) is 14.1. The van der Waals surface area contributed by atoms with E-state index < -0.39 is 10.0 Å². The van der Waals surface area contributed by atoms with E-state index in [2.05, 4.69) is 14.7 Å². The molecule has 128 valence electrons. The summed E-state index contributed by atoms with van der Waals surface area (Å²) < 4.78 is 29.6. The van der Waals surface area contributed by atoms with Crippen molar-refractivity contribution in [3.8, 4) is 5.82 Å². The van der Waals surface area contributed by atoms with Gasteiger partial charge in [-0.1, -0.05) is 6.07 Å². The lowest BCUT2D eigenvalue weighted by molar-refractivity contribution is 0.600. The van der Waals surface area contributed by atoms with E-state index in [9.17, 15) is 8.42 Å². The highest BCUT2D eigenvalue weighted by molar-refractivity contribution is 7.92. The van der Waals surface area contributed by atoms with E-state index in [0.717, 1.165) is 24.8 Å². The molecule has 7 heteroatoms. The fourth-order valence-electron chi connectivity index (χ4n) is 3.08. The molecule has 0 fully saturated rings. The highest BCUT2D eigenvalue weighted by Crippen LogP contribution is 2.25. The number of aryl methyl sites for hydroxylation is 2. The van der Waals surface area contributed by atoms with Crippen LogP contribution >= 0.6 is 0 Å². The lowest BCUT2D eigenvalue weighted by Gasteiger charge is -2.17. The minimum atomic E-state index is -3.62. The number of nitrogens with zero attached hydrogens (tertiary/aromatic N) is 3. The Morgan fingerprint density at radius 3 is 2.60 bits per heavy atom. The largest absolute Gasteiger partial charge is 0.291 e. The van der Waals surface area contributed by atoms with Crippen LogP contribution in [0, 0.1) is 0 Å². The Morgan fingerprint density at radius 2 is 1.88 bits per heavy atom. The van der Waals surface area contributed by atoms with Crippen LogP contribution in [0.3, 0.4) is 0 Å². The van der Waals surface area contributed by atoms with E-state index in [-0.39, 0.29) is 0 Å². The Morgan fingerprint density at radius 1 is 1.04 bits per heavy atom. The molecule has 2 aromatic heterocycles. The Bertz CT molecular complexity index is 980. The van der Waals surface area contributed by atoms with Gasteiger partial charge in [0, 0.05) is 12.4 Å². The Kier molecular flexibility index (Phi) is 4.01. The molecule has 0 bridgehead atoms. The number of nitrogens with one attached hydrogen (secondary N) is 1. The molecule has 6 nitrogen and oxygen atoms in total. The molecule has 1 aliphatic rings. The third-order valence-corrected chi connectivity index (χ3v) is 5.78.